The van der Waals surface area contributed by atoms with Gasteiger partial charge in [0.2, 0.25) is 0 Å². The summed E-state index contributed by atoms with van der Waals surface area (Å²) in [6.07, 6.45) is 0.916. The maximum Gasteiger partial charge on any atom is 0.142 e. The summed E-state index contributed by atoms with van der Waals surface area (Å²) in [7, 11) is 0. The van der Waals surface area contributed by atoms with Crippen LogP contribution in [-0.4, -0.2) is 6.61 Å². The Balaban J connectivity index is 2.18. The van der Waals surface area contributed by atoms with Crippen molar-refractivity contribution in [3.63, 3.8) is 0 Å². The van der Waals surface area contributed by atoms with Crippen molar-refractivity contribution in [1.82, 2.24) is 0 Å². The lowest BCUT2D eigenvalue weighted by atomic mass is 10.1. The van der Waals surface area contributed by atoms with Gasteiger partial charge in [-0.05, 0) is 43.2 Å². The molecular weight excluding hydrogens is 341 g/mol. The van der Waals surface area contributed by atoms with Crippen LogP contribution in [-0.2, 0) is 6.54 Å². The van der Waals surface area contributed by atoms with Crippen LogP contribution in [0.1, 0.15) is 24.5 Å². The zero-order valence-corrected chi connectivity index (χ0v) is 14.8. The standard InChI is InChI=1S/C17H18Cl3NO/c1-3-6-22-17-12(7-13(18)8-16(17)20)10-21-14-5-4-11(2)15(19)9-14/h4-5,7-9,21H,3,6,10H2,1-2H3. The molecule has 0 atom stereocenters. The van der Waals surface area contributed by atoms with E-state index in [4.69, 9.17) is 39.5 Å². The Morgan fingerprint density at radius 2 is 1.82 bits per heavy atom. The first-order valence-electron chi connectivity index (χ1n) is 7.12. The SMILES string of the molecule is CCCOc1c(Cl)cc(Cl)cc1CNc1ccc(C)c(Cl)c1. The number of hydrogen-bond acceptors (Lipinski definition) is 2. The van der Waals surface area contributed by atoms with E-state index in [0.717, 1.165) is 28.3 Å². The molecule has 118 valence electrons. The Kier molecular flexibility index (Phi) is 6.25. The molecule has 0 spiro atoms. The summed E-state index contributed by atoms with van der Waals surface area (Å²) < 4.78 is 5.75. The van der Waals surface area contributed by atoms with Gasteiger partial charge in [-0.3, -0.25) is 0 Å². The van der Waals surface area contributed by atoms with Crippen molar-refractivity contribution >= 4 is 40.5 Å². The topological polar surface area (TPSA) is 21.3 Å². The highest BCUT2D eigenvalue weighted by Gasteiger charge is 2.11. The second-order valence-electron chi connectivity index (χ2n) is 5.04. The average molecular weight is 359 g/mol. The number of rotatable bonds is 6. The van der Waals surface area contributed by atoms with Crippen molar-refractivity contribution in [1.29, 1.82) is 0 Å². The summed E-state index contributed by atoms with van der Waals surface area (Å²) in [5.74, 6) is 0.679. The van der Waals surface area contributed by atoms with Gasteiger partial charge in [0.15, 0.2) is 0 Å². The highest BCUT2D eigenvalue weighted by Crippen LogP contribution is 2.33. The molecule has 22 heavy (non-hydrogen) atoms. The maximum atomic E-state index is 6.24. The monoisotopic (exact) mass is 357 g/mol. The first kappa shape index (κ1) is 17.3. The lowest BCUT2D eigenvalue weighted by Crippen LogP contribution is -2.05. The number of ether oxygens (including phenoxy) is 1. The maximum absolute atomic E-state index is 6.24. The Bertz CT molecular complexity index is 659. The molecule has 0 aromatic heterocycles. The van der Waals surface area contributed by atoms with Crippen LogP contribution in [0.25, 0.3) is 0 Å². The van der Waals surface area contributed by atoms with Gasteiger partial charge in [0.1, 0.15) is 5.75 Å². The van der Waals surface area contributed by atoms with Crippen LogP contribution in [0.4, 0.5) is 5.69 Å². The molecule has 0 radical (unpaired) electrons. The van der Waals surface area contributed by atoms with Crippen molar-refractivity contribution in [2.24, 2.45) is 0 Å². The van der Waals surface area contributed by atoms with Gasteiger partial charge in [-0.25, -0.2) is 0 Å². The summed E-state index contributed by atoms with van der Waals surface area (Å²) >= 11 is 18.5. The first-order chi connectivity index (χ1) is 10.5. The van der Waals surface area contributed by atoms with Crippen LogP contribution in [0.3, 0.4) is 0 Å². The van der Waals surface area contributed by atoms with Crippen LogP contribution in [0.15, 0.2) is 30.3 Å². The van der Waals surface area contributed by atoms with Gasteiger partial charge >= 0.3 is 0 Å². The summed E-state index contributed by atoms with van der Waals surface area (Å²) in [5, 5.41) is 5.17. The van der Waals surface area contributed by atoms with E-state index in [1.165, 1.54) is 0 Å². The molecule has 0 saturated heterocycles. The summed E-state index contributed by atoms with van der Waals surface area (Å²) in [6, 6.07) is 9.42. The lowest BCUT2D eigenvalue weighted by molar-refractivity contribution is 0.314. The minimum atomic E-state index is 0.527. The van der Waals surface area contributed by atoms with Gasteiger partial charge in [0.25, 0.3) is 0 Å². The molecule has 2 aromatic rings. The van der Waals surface area contributed by atoms with Crippen molar-refractivity contribution < 1.29 is 4.74 Å². The van der Waals surface area contributed by atoms with E-state index in [-0.39, 0.29) is 0 Å². The molecule has 0 fully saturated rings. The molecule has 2 aromatic carbocycles. The van der Waals surface area contributed by atoms with Crippen LogP contribution >= 0.6 is 34.8 Å². The predicted octanol–water partition coefficient (Wildman–Crippen LogP) is 6.36. The van der Waals surface area contributed by atoms with E-state index in [0.29, 0.717) is 28.9 Å². The first-order valence-corrected chi connectivity index (χ1v) is 8.25. The molecule has 0 saturated carbocycles. The molecule has 0 aliphatic carbocycles. The molecule has 0 heterocycles. The van der Waals surface area contributed by atoms with Gasteiger partial charge < -0.3 is 10.1 Å². The highest BCUT2D eigenvalue weighted by molar-refractivity contribution is 6.35. The Labute approximate surface area is 146 Å². The largest absolute Gasteiger partial charge is 0.492 e. The van der Waals surface area contributed by atoms with Gasteiger partial charge in [0, 0.05) is 27.8 Å². The van der Waals surface area contributed by atoms with Gasteiger partial charge in [-0.2, -0.15) is 0 Å². The Hall–Kier alpha value is -1.09. The zero-order chi connectivity index (χ0) is 16.1. The van der Waals surface area contributed by atoms with Crippen molar-refractivity contribution in [3.05, 3.63) is 56.5 Å². The van der Waals surface area contributed by atoms with Gasteiger partial charge in [0.05, 0.1) is 11.6 Å². The molecule has 0 bridgehead atoms. The molecule has 0 unspecified atom stereocenters. The lowest BCUT2D eigenvalue weighted by Gasteiger charge is -2.15. The fraction of sp³-hybridized carbons (Fsp3) is 0.294. The Morgan fingerprint density at radius 1 is 1.05 bits per heavy atom. The summed E-state index contributed by atoms with van der Waals surface area (Å²) in [4.78, 5) is 0. The number of anilines is 1. The molecule has 1 N–H and O–H groups in total. The molecule has 0 aliphatic rings. The van der Waals surface area contributed by atoms with E-state index >= 15 is 0 Å². The van der Waals surface area contributed by atoms with E-state index < -0.39 is 0 Å². The zero-order valence-electron chi connectivity index (χ0n) is 12.6. The summed E-state index contributed by atoms with van der Waals surface area (Å²) in [6.45, 7) is 5.19. The predicted molar refractivity (Wildman–Crippen MR) is 95.8 cm³/mol. The molecular formula is C17H18Cl3NO. The van der Waals surface area contributed by atoms with Crippen molar-refractivity contribution in [2.45, 2.75) is 26.8 Å². The molecule has 0 amide bonds. The molecule has 2 nitrogen and oxygen atoms in total. The molecule has 5 heteroatoms. The summed E-state index contributed by atoms with van der Waals surface area (Å²) in [5.41, 5.74) is 2.90. The minimum Gasteiger partial charge on any atom is -0.492 e. The van der Waals surface area contributed by atoms with E-state index in [1.54, 1.807) is 6.07 Å². The number of hydrogen-bond donors (Lipinski definition) is 1. The van der Waals surface area contributed by atoms with Crippen LogP contribution < -0.4 is 10.1 Å². The molecule has 0 aliphatic heterocycles. The second kappa shape index (κ2) is 7.96. The Morgan fingerprint density at radius 3 is 2.50 bits per heavy atom. The minimum absolute atomic E-state index is 0.527. The van der Waals surface area contributed by atoms with Gasteiger partial charge in [-0.1, -0.05) is 47.8 Å². The third-order valence-electron chi connectivity index (χ3n) is 3.19. The normalized spacial score (nSPS) is 10.6. The fourth-order valence-corrected chi connectivity index (χ4v) is 2.78. The number of halogens is 3. The van der Waals surface area contributed by atoms with Crippen LogP contribution in [0.5, 0.6) is 5.75 Å². The highest BCUT2D eigenvalue weighted by atomic mass is 35.5. The van der Waals surface area contributed by atoms with Crippen molar-refractivity contribution in [3.8, 4) is 5.75 Å². The number of benzene rings is 2. The van der Waals surface area contributed by atoms with E-state index in [2.05, 4.69) is 12.2 Å². The number of nitrogens with one attached hydrogen (secondary N) is 1. The smallest absolute Gasteiger partial charge is 0.142 e. The van der Waals surface area contributed by atoms with Crippen LogP contribution in [0, 0.1) is 6.92 Å². The second-order valence-corrected chi connectivity index (χ2v) is 6.29. The third kappa shape index (κ3) is 4.45. The van der Waals surface area contributed by atoms with E-state index in [9.17, 15) is 0 Å². The third-order valence-corrected chi connectivity index (χ3v) is 4.10. The quantitative estimate of drug-likeness (QED) is 0.649. The molecule has 2 rings (SSSR count). The van der Waals surface area contributed by atoms with E-state index in [1.807, 2.05) is 31.2 Å². The number of aryl methyl sites for hydroxylation is 1. The van der Waals surface area contributed by atoms with Crippen molar-refractivity contribution in [2.75, 3.05) is 11.9 Å². The van der Waals surface area contributed by atoms with Gasteiger partial charge in [-0.15, -0.1) is 0 Å². The van der Waals surface area contributed by atoms with Crippen LogP contribution in [0.2, 0.25) is 15.1 Å². The average Bonchev–Trinajstić information content (AvgIpc) is 2.47. The fourth-order valence-electron chi connectivity index (χ4n) is 2.01.